The number of nitrogens with zero attached hydrogens (tertiary/aromatic N) is 2. The Hall–Kier alpha value is -1.00. The summed E-state index contributed by atoms with van der Waals surface area (Å²) >= 11 is 0. The van der Waals surface area contributed by atoms with Crippen molar-refractivity contribution in [3.63, 3.8) is 0 Å². The lowest BCUT2D eigenvalue weighted by molar-refractivity contribution is 0.190. The van der Waals surface area contributed by atoms with Crippen LogP contribution in [0.3, 0.4) is 0 Å². The van der Waals surface area contributed by atoms with Gasteiger partial charge in [0.15, 0.2) is 0 Å². The first-order chi connectivity index (χ1) is 6.34. The molecule has 13 heavy (non-hydrogen) atoms. The Labute approximate surface area is 78.1 Å². The summed E-state index contributed by atoms with van der Waals surface area (Å²) in [6, 6.07) is 1.71. The average Bonchev–Trinajstić information content (AvgIpc) is 2.19. The number of nitrogens with two attached hydrogens (primary N) is 1. The van der Waals surface area contributed by atoms with Crippen molar-refractivity contribution in [2.75, 3.05) is 13.7 Å². The second-order valence-electron chi connectivity index (χ2n) is 2.85. The van der Waals surface area contributed by atoms with Gasteiger partial charge < -0.3 is 10.5 Å². The van der Waals surface area contributed by atoms with Crippen LogP contribution in [-0.2, 0) is 4.74 Å². The standard InChI is InChI=1S/C9H15N3O/c1-13-7-2-4-8(10)9-11-5-3-6-12-9/h3,5-6,8H,2,4,7,10H2,1H3. The van der Waals surface area contributed by atoms with E-state index in [1.807, 2.05) is 0 Å². The summed E-state index contributed by atoms with van der Waals surface area (Å²) in [5.74, 6) is 0.707. The molecular weight excluding hydrogens is 166 g/mol. The zero-order valence-electron chi connectivity index (χ0n) is 7.81. The van der Waals surface area contributed by atoms with Gasteiger partial charge in [0.2, 0.25) is 0 Å². The third kappa shape index (κ3) is 3.48. The van der Waals surface area contributed by atoms with E-state index < -0.39 is 0 Å². The lowest BCUT2D eigenvalue weighted by Gasteiger charge is -2.08. The average molecular weight is 181 g/mol. The van der Waals surface area contributed by atoms with E-state index in [1.165, 1.54) is 0 Å². The van der Waals surface area contributed by atoms with E-state index >= 15 is 0 Å². The predicted molar refractivity (Wildman–Crippen MR) is 50.1 cm³/mol. The highest BCUT2D eigenvalue weighted by molar-refractivity contribution is 4.94. The van der Waals surface area contributed by atoms with Crippen LogP contribution in [0, 0.1) is 0 Å². The normalized spacial score (nSPS) is 12.8. The van der Waals surface area contributed by atoms with Crippen LogP contribution in [0.25, 0.3) is 0 Å². The highest BCUT2D eigenvalue weighted by Gasteiger charge is 2.06. The first-order valence-electron chi connectivity index (χ1n) is 4.36. The molecule has 0 radical (unpaired) electrons. The van der Waals surface area contributed by atoms with Crippen molar-refractivity contribution in [2.24, 2.45) is 5.73 Å². The van der Waals surface area contributed by atoms with Gasteiger partial charge in [-0.15, -0.1) is 0 Å². The molecule has 2 N–H and O–H groups in total. The summed E-state index contributed by atoms with van der Waals surface area (Å²) in [4.78, 5) is 8.16. The molecular formula is C9H15N3O. The fourth-order valence-corrected chi connectivity index (χ4v) is 1.08. The molecule has 0 aliphatic heterocycles. The van der Waals surface area contributed by atoms with E-state index in [9.17, 15) is 0 Å². The van der Waals surface area contributed by atoms with Gasteiger partial charge >= 0.3 is 0 Å². The zero-order valence-corrected chi connectivity index (χ0v) is 7.81. The summed E-state index contributed by atoms with van der Waals surface area (Å²) in [5, 5.41) is 0. The minimum atomic E-state index is -0.0728. The molecule has 4 heteroatoms. The molecule has 1 aromatic rings. The van der Waals surface area contributed by atoms with Crippen LogP contribution in [0.1, 0.15) is 24.7 Å². The van der Waals surface area contributed by atoms with Gasteiger partial charge in [0, 0.05) is 26.1 Å². The number of ether oxygens (including phenoxy) is 1. The molecule has 0 aliphatic rings. The van der Waals surface area contributed by atoms with Crippen LogP contribution < -0.4 is 5.73 Å². The number of rotatable bonds is 5. The Morgan fingerprint density at radius 1 is 1.46 bits per heavy atom. The maximum atomic E-state index is 5.86. The van der Waals surface area contributed by atoms with Gasteiger partial charge in [-0.25, -0.2) is 9.97 Å². The van der Waals surface area contributed by atoms with Gasteiger partial charge in [0.05, 0.1) is 6.04 Å². The largest absolute Gasteiger partial charge is 0.385 e. The second-order valence-corrected chi connectivity index (χ2v) is 2.85. The lowest BCUT2D eigenvalue weighted by Crippen LogP contribution is -2.14. The minimum Gasteiger partial charge on any atom is -0.385 e. The molecule has 72 valence electrons. The zero-order chi connectivity index (χ0) is 9.52. The maximum Gasteiger partial charge on any atom is 0.144 e. The molecule has 1 rings (SSSR count). The number of hydrogen-bond donors (Lipinski definition) is 1. The Morgan fingerprint density at radius 3 is 2.77 bits per heavy atom. The van der Waals surface area contributed by atoms with Crippen molar-refractivity contribution in [1.29, 1.82) is 0 Å². The number of methoxy groups -OCH3 is 1. The van der Waals surface area contributed by atoms with E-state index in [0.29, 0.717) is 5.82 Å². The molecule has 0 amide bonds. The van der Waals surface area contributed by atoms with Crippen molar-refractivity contribution in [3.05, 3.63) is 24.3 Å². The molecule has 0 bridgehead atoms. The van der Waals surface area contributed by atoms with Crippen LogP contribution in [0.2, 0.25) is 0 Å². The topological polar surface area (TPSA) is 61.0 Å². The van der Waals surface area contributed by atoms with Crippen molar-refractivity contribution < 1.29 is 4.74 Å². The highest BCUT2D eigenvalue weighted by Crippen LogP contribution is 2.09. The monoisotopic (exact) mass is 181 g/mol. The van der Waals surface area contributed by atoms with Gasteiger partial charge in [-0.2, -0.15) is 0 Å². The Balaban J connectivity index is 2.35. The van der Waals surface area contributed by atoms with Crippen molar-refractivity contribution in [2.45, 2.75) is 18.9 Å². The van der Waals surface area contributed by atoms with Gasteiger partial charge in [-0.05, 0) is 18.9 Å². The molecule has 0 aliphatic carbocycles. The van der Waals surface area contributed by atoms with Gasteiger partial charge in [-0.3, -0.25) is 0 Å². The Kier molecular flexibility index (Phi) is 4.35. The molecule has 1 aromatic heterocycles. The summed E-state index contributed by atoms with van der Waals surface area (Å²) in [5.41, 5.74) is 5.86. The molecule has 0 aromatic carbocycles. The summed E-state index contributed by atoms with van der Waals surface area (Å²) in [6.45, 7) is 0.737. The van der Waals surface area contributed by atoms with Crippen molar-refractivity contribution in [3.8, 4) is 0 Å². The van der Waals surface area contributed by atoms with Crippen molar-refractivity contribution >= 4 is 0 Å². The molecule has 0 spiro atoms. The molecule has 0 fully saturated rings. The Morgan fingerprint density at radius 2 is 2.15 bits per heavy atom. The molecule has 0 saturated heterocycles. The van der Waals surface area contributed by atoms with E-state index in [0.717, 1.165) is 19.4 Å². The number of aromatic nitrogens is 2. The fourth-order valence-electron chi connectivity index (χ4n) is 1.08. The second kappa shape index (κ2) is 5.61. The van der Waals surface area contributed by atoms with E-state index in [2.05, 4.69) is 9.97 Å². The highest BCUT2D eigenvalue weighted by atomic mass is 16.5. The van der Waals surface area contributed by atoms with E-state index in [1.54, 1.807) is 25.6 Å². The lowest BCUT2D eigenvalue weighted by atomic mass is 10.1. The first-order valence-corrected chi connectivity index (χ1v) is 4.36. The summed E-state index contributed by atoms with van der Waals surface area (Å²) in [6.07, 6.45) is 5.21. The van der Waals surface area contributed by atoms with Gasteiger partial charge in [0.1, 0.15) is 5.82 Å². The quantitative estimate of drug-likeness (QED) is 0.686. The van der Waals surface area contributed by atoms with Crippen LogP contribution in [-0.4, -0.2) is 23.7 Å². The Bertz CT molecular complexity index is 228. The molecule has 1 atom stereocenters. The first kappa shape index (κ1) is 10.1. The van der Waals surface area contributed by atoms with E-state index in [-0.39, 0.29) is 6.04 Å². The van der Waals surface area contributed by atoms with Crippen LogP contribution in [0.4, 0.5) is 0 Å². The summed E-state index contributed by atoms with van der Waals surface area (Å²) < 4.78 is 4.93. The van der Waals surface area contributed by atoms with E-state index in [4.69, 9.17) is 10.5 Å². The van der Waals surface area contributed by atoms with Gasteiger partial charge in [-0.1, -0.05) is 0 Å². The smallest absolute Gasteiger partial charge is 0.144 e. The molecule has 4 nitrogen and oxygen atoms in total. The van der Waals surface area contributed by atoms with Gasteiger partial charge in [0.25, 0.3) is 0 Å². The SMILES string of the molecule is COCCCC(N)c1ncccn1. The van der Waals surface area contributed by atoms with Crippen LogP contribution in [0.5, 0.6) is 0 Å². The maximum absolute atomic E-state index is 5.86. The minimum absolute atomic E-state index is 0.0728. The third-order valence-corrected chi connectivity index (χ3v) is 1.78. The van der Waals surface area contributed by atoms with Crippen LogP contribution >= 0.6 is 0 Å². The van der Waals surface area contributed by atoms with Crippen LogP contribution in [0.15, 0.2) is 18.5 Å². The predicted octanol–water partition coefficient (Wildman–Crippen LogP) is 0.903. The fraction of sp³-hybridized carbons (Fsp3) is 0.556. The third-order valence-electron chi connectivity index (χ3n) is 1.78. The summed E-state index contributed by atoms with van der Waals surface area (Å²) in [7, 11) is 1.69. The molecule has 1 heterocycles. The van der Waals surface area contributed by atoms with Crippen molar-refractivity contribution in [1.82, 2.24) is 9.97 Å². The molecule has 1 unspecified atom stereocenters. The molecule has 0 saturated carbocycles. The number of hydrogen-bond acceptors (Lipinski definition) is 4.